The van der Waals surface area contributed by atoms with Gasteiger partial charge in [0.25, 0.3) is 0 Å². The van der Waals surface area contributed by atoms with Crippen molar-refractivity contribution in [3.8, 4) is 0 Å². The minimum Gasteiger partial charge on any atom is -0.378 e. The van der Waals surface area contributed by atoms with Crippen LogP contribution in [0.2, 0.25) is 0 Å². The Morgan fingerprint density at radius 2 is 2.16 bits per heavy atom. The predicted octanol–water partition coefficient (Wildman–Crippen LogP) is 2.03. The Kier molecular flexibility index (Phi) is 3.11. The molecular weight excluding hydrogens is 242 g/mol. The normalized spacial score (nSPS) is 26.4. The Morgan fingerprint density at radius 3 is 2.89 bits per heavy atom. The molecular formula is C15H17NO3. The van der Waals surface area contributed by atoms with Crippen molar-refractivity contribution in [2.45, 2.75) is 25.9 Å². The highest BCUT2D eigenvalue weighted by molar-refractivity contribution is 6.09. The molecule has 2 unspecified atom stereocenters. The molecule has 0 aliphatic carbocycles. The standard InChI is InChI=1S/C15H17NO3/c1-10-11(7-9-19-10)15(18)16-8-6-14(17)12-4-2-3-5-13(12)16/h2-5,10-11H,6-9H2,1H3. The number of ketones is 1. The highest BCUT2D eigenvalue weighted by Crippen LogP contribution is 2.31. The van der Waals surface area contributed by atoms with E-state index in [4.69, 9.17) is 4.74 Å². The molecule has 4 heteroatoms. The quantitative estimate of drug-likeness (QED) is 0.775. The second kappa shape index (κ2) is 4.78. The summed E-state index contributed by atoms with van der Waals surface area (Å²) >= 11 is 0. The van der Waals surface area contributed by atoms with Gasteiger partial charge in [0, 0.05) is 25.1 Å². The number of carbonyl (C=O) groups is 2. The number of ether oxygens (including phenoxy) is 1. The molecule has 0 spiro atoms. The fourth-order valence-electron chi connectivity index (χ4n) is 2.90. The fraction of sp³-hybridized carbons (Fsp3) is 0.467. The molecule has 19 heavy (non-hydrogen) atoms. The predicted molar refractivity (Wildman–Crippen MR) is 71.3 cm³/mol. The van der Waals surface area contributed by atoms with Gasteiger partial charge in [-0.15, -0.1) is 0 Å². The number of hydrogen-bond donors (Lipinski definition) is 0. The van der Waals surface area contributed by atoms with Crippen LogP contribution in [0.15, 0.2) is 24.3 Å². The van der Waals surface area contributed by atoms with Crippen molar-refractivity contribution in [1.82, 2.24) is 0 Å². The van der Waals surface area contributed by atoms with E-state index >= 15 is 0 Å². The number of fused-ring (bicyclic) bond motifs is 1. The second-order valence-electron chi connectivity index (χ2n) is 5.15. The summed E-state index contributed by atoms with van der Waals surface area (Å²) in [7, 11) is 0. The molecule has 2 atom stereocenters. The van der Waals surface area contributed by atoms with Crippen LogP contribution >= 0.6 is 0 Å². The van der Waals surface area contributed by atoms with Crippen molar-refractivity contribution in [2.75, 3.05) is 18.1 Å². The molecule has 1 fully saturated rings. The van der Waals surface area contributed by atoms with Crippen molar-refractivity contribution >= 4 is 17.4 Å². The summed E-state index contributed by atoms with van der Waals surface area (Å²) in [4.78, 5) is 26.2. The summed E-state index contributed by atoms with van der Waals surface area (Å²) < 4.78 is 5.47. The molecule has 0 N–H and O–H groups in total. The average Bonchev–Trinajstić information content (AvgIpc) is 2.85. The van der Waals surface area contributed by atoms with Gasteiger partial charge in [-0.2, -0.15) is 0 Å². The molecule has 2 aliphatic heterocycles. The topological polar surface area (TPSA) is 46.6 Å². The van der Waals surface area contributed by atoms with Crippen molar-refractivity contribution in [3.63, 3.8) is 0 Å². The van der Waals surface area contributed by atoms with E-state index in [1.165, 1.54) is 0 Å². The van der Waals surface area contributed by atoms with Gasteiger partial charge in [0.15, 0.2) is 5.78 Å². The lowest BCUT2D eigenvalue weighted by molar-refractivity contribution is -0.123. The summed E-state index contributed by atoms with van der Waals surface area (Å²) in [6.07, 6.45) is 1.15. The van der Waals surface area contributed by atoms with Crippen LogP contribution in [0.5, 0.6) is 0 Å². The first kappa shape index (κ1) is 12.4. The molecule has 2 aliphatic rings. The number of para-hydroxylation sites is 1. The first-order chi connectivity index (χ1) is 9.18. The molecule has 2 heterocycles. The van der Waals surface area contributed by atoms with Gasteiger partial charge in [-0.25, -0.2) is 0 Å². The maximum Gasteiger partial charge on any atom is 0.232 e. The first-order valence-electron chi connectivity index (χ1n) is 6.73. The summed E-state index contributed by atoms with van der Waals surface area (Å²) in [6, 6.07) is 7.36. The van der Waals surface area contributed by atoms with Gasteiger partial charge in [0.2, 0.25) is 5.91 Å². The fourth-order valence-corrected chi connectivity index (χ4v) is 2.90. The van der Waals surface area contributed by atoms with Crippen LogP contribution in [0.25, 0.3) is 0 Å². The molecule has 3 rings (SSSR count). The zero-order chi connectivity index (χ0) is 13.4. The molecule has 1 aromatic carbocycles. The average molecular weight is 259 g/mol. The lowest BCUT2D eigenvalue weighted by atomic mass is 9.96. The van der Waals surface area contributed by atoms with Gasteiger partial charge in [0.05, 0.1) is 17.7 Å². The van der Waals surface area contributed by atoms with Crippen molar-refractivity contribution in [3.05, 3.63) is 29.8 Å². The Bertz CT molecular complexity index is 526. The highest BCUT2D eigenvalue weighted by atomic mass is 16.5. The van der Waals surface area contributed by atoms with E-state index in [1.54, 1.807) is 11.0 Å². The molecule has 0 radical (unpaired) electrons. The van der Waals surface area contributed by atoms with Crippen LogP contribution in [-0.2, 0) is 9.53 Å². The minimum atomic E-state index is -0.0822. The summed E-state index contributed by atoms with van der Waals surface area (Å²) in [5.74, 6) is 0.126. The molecule has 100 valence electrons. The highest BCUT2D eigenvalue weighted by Gasteiger charge is 2.36. The lowest BCUT2D eigenvalue weighted by Crippen LogP contribution is -2.42. The van der Waals surface area contributed by atoms with Crippen LogP contribution in [0, 0.1) is 5.92 Å². The number of benzene rings is 1. The number of nitrogens with zero attached hydrogens (tertiary/aromatic N) is 1. The molecule has 1 amide bonds. The number of Topliss-reactive ketones (excluding diaryl/α,β-unsaturated/α-hetero) is 1. The van der Waals surface area contributed by atoms with Crippen molar-refractivity contribution < 1.29 is 14.3 Å². The van der Waals surface area contributed by atoms with Gasteiger partial charge < -0.3 is 9.64 Å². The molecule has 0 saturated carbocycles. The zero-order valence-corrected chi connectivity index (χ0v) is 11.0. The third kappa shape index (κ3) is 2.06. The summed E-state index contributed by atoms with van der Waals surface area (Å²) in [5, 5.41) is 0. The smallest absolute Gasteiger partial charge is 0.232 e. The largest absolute Gasteiger partial charge is 0.378 e. The van der Waals surface area contributed by atoms with E-state index in [1.807, 2.05) is 25.1 Å². The summed E-state index contributed by atoms with van der Waals surface area (Å²) in [5.41, 5.74) is 1.41. The number of rotatable bonds is 1. The number of amides is 1. The molecule has 0 bridgehead atoms. The Labute approximate surface area is 112 Å². The van der Waals surface area contributed by atoms with Crippen LogP contribution in [-0.4, -0.2) is 30.9 Å². The monoisotopic (exact) mass is 259 g/mol. The number of hydrogen-bond acceptors (Lipinski definition) is 3. The van der Waals surface area contributed by atoms with E-state index < -0.39 is 0 Å². The van der Waals surface area contributed by atoms with Gasteiger partial charge in [0.1, 0.15) is 0 Å². The third-order valence-corrected chi connectivity index (χ3v) is 4.02. The molecule has 0 aromatic heterocycles. The minimum absolute atomic E-state index is 0.0303. The third-order valence-electron chi connectivity index (χ3n) is 4.02. The maximum atomic E-state index is 12.6. The first-order valence-corrected chi connectivity index (χ1v) is 6.73. The Hall–Kier alpha value is -1.68. The Balaban J connectivity index is 1.92. The van der Waals surface area contributed by atoms with Crippen LogP contribution in [0.3, 0.4) is 0 Å². The SMILES string of the molecule is CC1OCCC1C(=O)N1CCC(=O)c2ccccc21. The van der Waals surface area contributed by atoms with E-state index in [-0.39, 0.29) is 23.7 Å². The van der Waals surface area contributed by atoms with Gasteiger partial charge >= 0.3 is 0 Å². The molecule has 1 aromatic rings. The summed E-state index contributed by atoms with van der Waals surface area (Å²) in [6.45, 7) is 3.07. The number of carbonyl (C=O) groups excluding carboxylic acids is 2. The lowest BCUT2D eigenvalue weighted by Gasteiger charge is -2.31. The van der Waals surface area contributed by atoms with Gasteiger partial charge in [-0.1, -0.05) is 12.1 Å². The number of anilines is 1. The van der Waals surface area contributed by atoms with E-state index in [0.717, 1.165) is 12.1 Å². The van der Waals surface area contributed by atoms with Gasteiger partial charge in [-0.3, -0.25) is 9.59 Å². The van der Waals surface area contributed by atoms with Crippen molar-refractivity contribution in [2.24, 2.45) is 5.92 Å². The van der Waals surface area contributed by atoms with E-state index in [2.05, 4.69) is 0 Å². The molecule has 1 saturated heterocycles. The van der Waals surface area contributed by atoms with E-state index in [9.17, 15) is 9.59 Å². The second-order valence-corrected chi connectivity index (χ2v) is 5.15. The van der Waals surface area contributed by atoms with Crippen LogP contribution in [0.4, 0.5) is 5.69 Å². The van der Waals surface area contributed by atoms with Gasteiger partial charge in [-0.05, 0) is 25.5 Å². The van der Waals surface area contributed by atoms with Crippen LogP contribution in [0.1, 0.15) is 30.1 Å². The maximum absolute atomic E-state index is 12.6. The zero-order valence-electron chi connectivity index (χ0n) is 11.0. The van der Waals surface area contributed by atoms with E-state index in [0.29, 0.717) is 25.1 Å². The molecule has 4 nitrogen and oxygen atoms in total. The van der Waals surface area contributed by atoms with Crippen LogP contribution < -0.4 is 4.90 Å². The van der Waals surface area contributed by atoms with Crippen molar-refractivity contribution in [1.29, 1.82) is 0 Å². The Morgan fingerprint density at radius 1 is 1.37 bits per heavy atom.